The molecule has 1 rings (SSSR count). The average molecular weight is 211 g/mol. The molecule has 0 saturated heterocycles. The highest BCUT2D eigenvalue weighted by molar-refractivity contribution is 5.79. The first-order chi connectivity index (χ1) is 7.15. The molecule has 0 aliphatic rings. The Morgan fingerprint density at radius 1 is 1.47 bits per heavy atom. The van der Waals surface area contributed by atoms with E-state index in [-0.39, 0.29) is 6.42 Å². The number of hydrogen-bond acceptors (Lipinski definition) is 2. The van der Waals surface area contributed by atoms with Gasteiger partial charge in [0.25, 0.3) is 5.91 Å². The highest BCUT2D eigenvalue weighted by Gasteiger charge is 2.21. The van der Waals surface area contributed by atoms with Crippen molar-refractivity contribution in [3.63, 3.8) is 0 Å². The lowest BCUT2D eigenvalue weighted by atomic mass is 10.1. The molecule has 0 heterocycles. The van der Waals surface area contributed by atoms with Gasteiger partial charge in [-0.25, -0.2) is 9.45 Å². The van der Waals surface area contributed by atoms with Gasteiger partial charge in [0.2, 0.25) is 0 Å². The number of nitrogens with zero attached hydrogens (tertiary/aromatic N) is 1. The number of hydrogen-bond donors (Lipinski definition) is 0. The van der Waals surface area contributed by atoms with Crippen LogP contribution in [0.5, 0.6) is 0 Å². The molecule has 0 aliphatic carbocycles. The van der Waals surface area contributed by atoms with Gasteiger partial charge in [-0.3, -0.25) is 9.63 Å². The summed E-state index contributed by atoms with van der Waals surface area (Å²) in [6.07, 6.45) is -1.48. The summed E-state index contributed by atoms with van der Waals surface area (Å²) in [6, 6.07) is 9.04. The summed E-state index contributed by atoms with van der Waals surface area (Å²) in [5.74, 6) is -0.665. The summed E-state index contributed by atoms with van der Waals surface area (Å²) in [5, 5.41) is 0.896. The number of halogens is 1. The average Bonchev–Trinajstić information content (AvgIpc) is 2.28. The lowest BCUT2D eigenvalue weighted by molar-refractivity contribution is -0.174. The van der Waals surface area contributed by atoms with Crippen molar-refractivity contribution in [3.05, 3.63) is 35.9 Å². The van der Waals surface area contributed by atoms with Crippen LogP contribution in [-0.2, 0) is 16.1 Å². The second-order valence-electron chi connectivity index (χ2n) is 3.18. The zero-order chi connectivity index (χ0) is 11.3. The number of benzene rings is 1. The summed E-state index contributed by atoms with van der Waals surface area (Å²) >= 11 is 0. The smallest absolute Gasteiger partial charge is 0.274 e. The zero-order valence-corrected chi connectivity index (χ0v) is 8.81. The Balaban J connectivity index is 2.56. The van der Waals surface area contributed by atoms with Crippen LogP contribution < -0.4 is 0 Å². The van der Waals surface area contributed by atoms with Gasteiger partial charge in [-0.05, 0) is 5.56 Å². The van der Waals surface area contributed by atoms with Crippen LogP contribution >= 0.6 is 0 Å². The third kappa shape index (κ3) is 3.32. The Kier molecular flexibility index (Phi) is 4.24. The van der Waals surface area contributed by atoms with E-state index < -0.39 is 12.1 Å². The van der Waals surface area contributed by atoms with E-state index >= 15 is 0 Å². The first-order valence-electron chi connectivity index (χ1n) is 4.65. The Hall–Kier alpha value is -1.42. The van der Waals surface area contributed by atoms with E-state index in [1.54, 1.807) is 12.1 Å². The molecule has 0 aliphatic heterocycles. The van der Waals surface area contributed by atoms with Crippen LogP contribution in [0.3, 0.4) is 0 Å². The van der Waals surface area contributed by atoms with Crippen LogP contribution in [0.25, 0.3) is 0 Å². The largest absolute Gasteiger partial charge is 0.280 e. The second-order valence-corrected chi connectivity index (χ2v) is 3.18. The summed E-state index contributed by atoms with van der Waals surface area (Å²) in [5.41, 5.74) is 0.794. The summed E-state index contributed by atoms with van der Waals surface area (Å²) in [4.78, 5) is 15.9. The fourth-order valence-electron chi connectivity index (χ4n) is 1.20. The quantitative estimate of drug-likeness (QED) is 0.708. The molecule has 1 unspecified atom stereocenters. The normalized spacial score (nSPS) is 12.2. The maximum absolute atomic E-state index is 13.4. The van der Waals surface area contributed by atoms with Gasteiger partial charge < -0.3 is 0 Å². The lowest BCUT2D eigenvalue weighted by Crippen LogP contribution is -2.34. The van der Waals surface area contributed by atoms with E-state index in [0.29, 0.717) is 0 Å². The Labute approximate surface area is 88.4 Å². The van der Waals surface area contributed by atoms with Crippen molar-refractivity contribution < 1.29 is 14.0 Å². The Morgan fingerprint density at radius 3 is 2.60 bits per heavy atom. The third-order valence-electron chi connectivity index (χ3n) is 2.11. The van der Waals surface area contributed by atoms with Crippen LogP contribution in [0, 0.1) is 0 Å². The number of carbonyl (C=O) groups is 1. The number of rotatable bonds is 4. The summed E-state index contributed by atoms with van der Waals surface area (Å²) in [7, 11) is 2.72. The Morgan fingerprint density at radius 2 is 2.07 bits per heavy atom. The third-order valence-corrected chi connectivity index (χ3v) is 2.11. The maximum atomic E-state index is 13.4. The molecule has 1 atom stereocenters. The molecule has 1 aromatic rings. The van der Waals surface area contributed by atoms with Gasteiger partial charge in [-0.1, -0.05) is 30.3 Å². The molecule has 1 aromatic carbocycles. The number of carbonyl (C=O) groups excluding carboxylic acids is 1. The SMILES string of the molecule is CON(C)C(=O)C(F)Cc1ccccc1. The monoisotopic (exact) mass is 211 g/mol. The van der Waals surface area contributed by atoms with E-state index in [1.807, 2.05) is 18.2 Å². The van der Waals surface area contributed by atoms with Crippen molar-refractivity contribution in [2.75, 3.05) is 14.2 Å². The molecule has 15 heavy (non-hydrogen) atoms. The van der Waals surface area contributed by atoms with Crippen molar-refractivity contribution >= 4 is 5.91 Å². The molecule has 0 saturated carbocycles. The number of amides is 1. The van der Waals surface area contributed by atoms with Crippen molar-refractivity contribution in [3.8, 4) is 0 Å². The molecule has 3 nitrogen and oxygen atoms in total. The topological polar surface area (TPSA) is 29.5 Å². The molecule has 0 N–H and O–H groups in total. The first-order valence-corrected chi connectivity index (χ1v) is 4.65. The Bertz CT molecular complexity index is 316. The summed E-state index contributed by atoms with van der Waals surface area (Å²) < 4.78 is 13.4. The predicted molar refractivity (Wildman–Crippen MR) is 54.8 cm³/mol. The molecular formula is C11H14FNO2. The molecule has 0 fully saturated rings. The molecular weight excluding hydrogens is 197 g/mol. The van der Waals surface area contributed by atoms with E-state index in [2.05, 4.69) is 4.84 Å². The molecule has 4 heteroatoms. The molecule has 0 bridgehead atoms. The summed E-state index contributed by atoms with van der Waals surface area (Å²) in [6.45, 7) is 0. The van der Waals surface area contributed by atoms with Gasteiger partial charge >= 0.3 is 0 Å². The lowest BCUT2D eigenvalue weighted by Gasteiger charge is -2.16. The maximum Gasteiger partial charge on any atom is 0.280 e. The van der Waals surface area contributed by atoms with Crippen molar-refractivity contribution in [2.45, 2.75) is 12.6 Å². The van der Waals surface area contributed by atoms with Gasteiger partial charge in [-0.15, -0.1) is 0 Å². The number of hydroxylamine groups is 2. The molecule has 0 aromatic heterocycles. The minimum Gasteiger partial charge on any atom is -0.274 e. The van der Waals surface area contributed by atoms with Crippen molar-refractivity contribution in [1.29, 1.82) is 0 Å². The van der Waals surface area contributed by atoms with Gasteiger partial charge in [-0.2, -0.15) is 0 Å². The fourth-order valence-corrected chi connectivity index (χ4v) is 1.20. The van der Waals surface area contributed by atoms with Crippen LogP contribution in [0.2, 0.25) is 0 Å². The van der Waals surface area contributed by atoms with Gasteiger partial charge in [0.05, 0.1) is 7.11 Å². The van der Waals surface area contributed by atoms with Gasteiger partial charge in [0, 0.05) is 13.5 Å². The second kappa shape index (κ2) is 5.46. The minimum atomic E-state index is -1.56. The van der Waals surface area contributed by atoms with Crippen molar-refractivity contribution in [1.82, 2.24) is 5.06 Å². The van der Waals surface area contributed by atoms with Gasteiger partial charge in [0.1, 0.15) is 0 Å². The van der Waals surface area contributed by atoms with E-state index in [1.165, 1.54) is 14.2 Å². The van der Waals surface area contributed by atoms with E-state index in [4.69, 9.17) is 0 Å². The van der Waals surface area contributed by atoms with Crippen LogP contribution in [0.4, 0.5) is 4.39 Å². The van der Waals surface area contributed by atoms with Gasteiger partial charge in [0.15, 0.2) is 6.17 Å². The standard InChI is InChI=1S/C11H14FNO2/c1-13(15-2)11(14)10(12)8-9-6-4-3-5-7-9/h3-7,10H,8H2,1-2H3. The molecule has 82 valence electrons. The highest BCUT2D eigenvalue weighted by Crippen LogP contribution is 2.08. The minimum absolute atomic E-state index is 0.0768. The molecule has 0 radical (unpaired) electrons. The fraction of sp³-hybridized carbons (Fsp3) is 0.364. The first kappa shape index (κ1) is 11.7. The van der Waals surface area contributed by atoms with E-state index in [0.717, 1.165) is 10.6 Å². The molecule has 0 spiro atoms. The number of alkyl halides is 1. The predicted octanol–water partition coefficient (Wildman–Crippen LogP) is 1.59. The van der Waals surface area contributed by atoms with Crippen LogP contribution in [-0.4, -0.2) is 31.3 Å². The van der Waals surface area contributed by atoms with Crippen molar-refractivity contribution in [2.24, 2.45) is 0 Å². The zero-order valence-electron chi connectivity index (χ0n) is 8.81. The van der Waals surface area contributed by atoms with Crippen LogP contribution in [0.1, 0.15) is 5.56 Å². The van der Waals surface area contributed by atoms with Crippen LogP contribution in [0.15, 0.2) is 30.3 Å². The molecule has 1 amide bonds. The highest BCUT2D eigenvalue weighted by atomic mass is 19.1. The van der Waals surface area contributed by atoms with E-state index in [9.17, 15) is 9.18 Å².